The van der Waals surface area contributed by atoms with Crippen molar-refractivity contribution in [3.8, 4) is 0 Å². The van der Waals surface area contributed by atoms with Crippen LogP contribution < -0.4 is 5.32 Å². The van der Waals surface area contributed by atoms with Crippen molar-refractivity contribution >= 4 is 44.2 Å². The van der Waals surface area contributed by atoms with Crippen molar-refractivity contribution in [3.05, 3.63) is 45.9 Å². The lowest BCUT2D eigenvalue weighted by molar-refractivity contribution is -0.116. The lowest BCUT2D eigenvalue weighted by Gasteiger charge is -2.20. The summed E-state index contributed by atoms with van der Waals surface area (Å²) >= 11 is 4.67. The maximum Gasteiger partial charge on any atom is 0.254 e. The van der Waals surface area contributed by atoms with Crippen LogP contribution in [0.4, 0.5) is 5.13 Å². The minimum Gasteiger partial charge on any atom is -0.330 e. The number of nitrogens with zero attached hydrogens (tertiary/aromatic N) is 2. The number of carbonyl (C=O) groups excluding carboxylic acids is 2. The minimum absolute atomic E-state index is 0.00494. The Bertz CT molecular complexity index is 614. The molecule has 0 aliphatic carbocycles. The highest BCUT2D eigenvalue weighted by atomic mass is 79.9. The van der Waals surface area contributed by atoms with Crippen LogP contribution in [0.25, 0.3) is 0 Å². The second-order valence-electron chi connectivity index (χ2n) is 4.21. The molecule has 1 aromatic heterocycles. The SMILES string of the molecule is CCN(CC(=O)Nc1nccs1)C(=O)c1ccc(Br)cc1. The van der Waals surface area contributed by atoms with E-state index in [4.69, 9.17) is 0 Å². The maximum atomic E-state index is 12.3. The van der Waals surface area contributed by atoms with Gasteiger partial charge in [0, 0.05) is 28.2 Å². The number of aromatic nitrogens is 1. The molecule has 1 heterocycles. The molecule has 2 aromatic rings. The van der Waals surface area contributed by atoms with Gasteiger partial charge in [0.25, 0.3) is 5.91 Å². The van der Waals surface area contributed by atoms with Crippen LogP contribution in [0.3, 0.4) is 0 Å². The average molecular weight is 368 g/mol. The third kappa shape index (κ3) is 4.37. The third-order valence-electron chi connectivity index (χ3n) is 2.77. The van der Waals surface area contributed by atoms with Crippen LogP contribution in [0.2, 0.25) is 0 Å². The molecule has 5 nitrogen and oxygen atoms in total. The van der Waals surface area contributed by atoms with Crippen molar-refractivity contribution in [1.82, 2.24) is 9.88 Å². The Kier molecular flexibility index (Phi) is 5.46. The van der Waals surface area contributed by atoms with Crippen molar-refractivity contribution in [3.63, 3.8) is 0 Å². The van der Waals surface area contributed by atoms with Crippen molar-refractivity contribution < 1.29 is 9.59 Å². The van der Waals surface area contributed by atoms with E-state index in [0.717, 1.165) is 4.47 Å². The summed E-state index contributed by atoms with van der Waals surface area (Å²) in [7, 11) is 0. The first-order valence-corrected chi connectivity index (χ1v) is 8.01. The van der Waals surface area contributed by atoms with Crippen molar-refractivity contribution in [1.29, 1.82) is 0 Å². The van der Waals surface area contributed by atoms with Gasteiger partial charge in [0.15, 0.2) is 5.13 Å². The van der Waals surface area contributed by atoms with Crippen LogP contribution in [-0.2, 0) is 4.79 Å². The van der Waals surface area contributed by atoms with Gasteiger partial charge < -0.3 is 10.2 Å². The van der Waals surface area contributed by atoms with E-state index >= 15 is 0 Å². The molecule has 7 heteroatoms. The van der Waals surface area contributed by atoms with Gasteiger partial charge in [0.1, 0.15) is 6.54 Å². The van der Waals surface area contributed by atoms with Crippen LogP contribution in [0.5, 0.6) is 0 Å². The highest BCUT2D eigenvalue weighted by Crippen LogP contribution is 2.13. The van der Waals surface area contributed by atoms with Crippen molar-refractivity contribution in [2.45, 2.75) is 6.92 Å². The summed E-state index contributed by atoms with van der Waals surface area (Å²) < 4.78 is 0.906. The molecule has 0 bridgehead atoms. The van der Waals surface area contributed by atoms with Crippen LogP contribution in [0.1, 0.15) is 17.3 Å². The topological polar surface area (TPSA) is 62.3 Å². The standard InChI is InChI=1S/C14H14BrN3O2S/c1-2-18(9-12(19)17-14-16-7-8-21-14)13(20)10-3-5-11(15)6-4-10/h3-8H,2,9H2,1H3,(H,16,17,19). The molecular formula is C14H14BrN3O2S. The third-order valence-corrected chi connectivity index (χ3v) is 3.99. The normalized spacial score (nSPS) is 10.2. The van der Waals surface area contributed by atoms with Gasteiger partial charge in [0.05, 0.1) is 0 Å². The van der Waals surface area contributed by atoms with E-state index in [1.807, 2.05) is 6.92 Å². The molecule has 0 aliphatic rings. The number of benzene rings is 1. The van der Waals surface area contributed by atoms with Crippen LogP contribution >= 0.6 is 27.3 Å². The van der Waals surface area contributed by atoms with E-state index in [9.17, 15) is 9.59 Å². The monoisotopic (exact) mass is 367 g/mol. The minimum atomic E-state index is -0.253. The lowest BCUT2D eigenvalue weighted by Crippen LogP contribution is -2.37. The molecule has 0 unspecified atom stereocenters. The number of rotatable bonds is 5. The van der Waals surface area contributed by atoms with E-state index in [1.165, 1.54) is 16.2 Å². The van der Waals surface area contributed by atoms with E-state index in [0.29, 0.717) is 17.2 Å². The van der Waals surface area contributed by atoms with Gasteiger partial charge in [-0.15, -0.1) is 11.3 Å². The first kappa shape index (κ1) is 15.7. The number of amides is 2. The fraction of sp³-hybridized carbons (Fsp3) is 0.214. The molecule has 0 radical (unpaired) electrons. The zero-order chi connectivity index (χ0) is 15.2. The smallest absolute Gasteiger partial charge is 0.254 e. The van der Waals surface area contributed by atoms with Gasteiger partial charge >= 0.3 is 0 Å². The fourth-order valence-electron chi connectivity index (χ4n) is 1.72. The largest absolute Gasteiger partial charge is 0.330 e. The zero-order valence-corrected chi connectivity index (χ0v) is 13.8. The molecule has 1 N–H and O–H groups in total. The fourth-order valence-corrected chi connectivity index (χ4v) is 2.53. The van der Waals surface area contributed by atoms with Gasteiger partial charge in [-0.25, -0.2) is 4.98 Å². The van der Waals surface area contributed by atoms with Crippen molar-refractivity contribution in [2.75, 3.05) is 18.4 Å². The van der Waals surface area contributed by atoms with E-state index in [-0.39, 0.29) is 18.4 Å². The maximum absolute atomic E-state index is 12.3. The highest BCUT2D eigenvalue weighted by molar-refractivity contribution is 9.10. The molecule has 0 saturated heterocycles. The number of hydrogen-bond acceptors (Lipinski definition) is 4. The van der Waals surface area contributed by atoms with Crippen LogP contribution in [-0.4, -0.2) is 34.8 Å². The summed E-state index contributed by atoms with van der Waals surface area (Å²) in [6, 6.07) is 7.06. The molecule has 0 atom stereocenters. The predicted molar refractivity (Wildman–Crippen MR) is 86.5 cm³/mol. The number of thiazole rings is 1. The first-order valence-electron chi connectivity index (χ1n) is 6.34. The van der Waals surface area contributed by atoms with E-state index < -0.39 is 0 Å². The summed E-state index contributed by atoms with van der Waals surface area (Å²) in [4.78, 5) is 29.7. The number of halogens is 1. The summed E-state index contributed by atoms with van der Waals surface area (Å²) in [6.45, 7) is 2.30. The molecule has 1 aromatic carbocycles. The Labute approximate surface area is 135 Å². The second-order valence-corrected chi connectivity index (χ2v) is 6.02. The summed E-state index contributed by atoms with van der Waals surface area (Å²) in [5.41, 5.74) is 0.557. The number of carbonyl (C=O) groups is 2. The van der Waals surface area contributed by atoms with Crippen LogP contribution in [0, 0.1) is 0 Å². The van der Waals surface area contributed by atoms with Gasteiger partial charge in [-0.2, -0.15) is 0 Å². The molecule has 21 heavy (non-hydrogen) atoms. The Hall–Kier alpha value is -1.73. The Morgan fingerprint density at radius 1 is 1.33 bits per heavy atom. The van der Waals surface area contributed by atoms with Gasteiger partial charge in [-0.3, -0.25) is 9.59 Å². The van der Waals surface area contributed by atoms with E-state index in [2.05, 4.69) is 26.2 Å². The molecule has 2 amide bonds. The number of likely N-dealkylation sites (N-methyl/N-ethyl adjacent to an activating group) is 1. The zero-order valence-electron chi connectivity index (χ0n) is 11.4. The molecule has 2 rings (SSSR count). The van der Waals surface area contributed by atoms with Gasteiger partial charge in [-0.05, 0) is 31.2 Å². The highest BCUT2D eigenvalue weighted by Gasteiger charge is 2.17. The van der Waals surface area contributed by atoms with E-state index in [1.54, 1.807) is 35.8 Å². The summed E-state index contributed by atoms with van der Waals surface area (Å²) in [6.07, 6.45) is 1.62. The molecule has 0 aliphatic heterocycles. The average Bonchev–Trinajstić information content (AvgIpc) is 2.97. The quantitative estimate of drug-likeness (QED) is 0.883. The van der Waals surface area contributed by atoms with Gasteiger partial charge in [-0.1, -0.05) is 15.9 Å². The number of nitrogens with one attached hydrogen (secondary N) is 1. The van der Waals surface area contributed by atoms with Gasteiger partial charge in [0.2, 0.25) is 5.91 Å². The second kappa shape index (κ2) is 7.33. The lowest BCUT2D eigenvalue weighted by atomic mass is 10.2. The Morgan fingerprint density at radius 2 is 2.05 bits per heavy atom. The van der Waals surface area contributed by atoms with Crippen LogP contribution in [0.15, 0.2) is 40.3 Å². The molecule has 110 valence electrons. The summed E-state index contributed by atoms with van der Waals surface area (Å²) in [5.74, 6) is -0.420. The molecule has 0 saturated carbocycles. The first-order chi connectivity index (χ1) is 10.1. The molecular weight excluding hydrogens is 354 g/mol. The Morgan fingerprint density at radius 3 is 2.62 bits per heavy atom. The molecule has 0 fully saturated rings. The number of hydrogen-bond donors (Lipinski definition) is 1. The Balaban J connectivity index is 2.00. The van der Waals surface area contributed by atoms with Crippen molar-refractivity contribution in [2.24, 2.45) is 0 Å². The number of anilines is 1. The summed E-state index contributed by atoms with van der Waals surface area (Å²) in [5, 5.41) is 4.98. The predicted octanol–water partition coefficient (Wildman–Crippen LogP) is 3.01. The molecule has 0 spiro atoms.